The zero-order valence-corrected chi connectivity index (χ0v) is 14.5. The minimum atomic E-state index is -4.63. The highest BCUT2D eigenvalue weighted by molar-refractivity contribution is 5.79. The molecule has 26 heavy (non-hydrogen) atoms. The molecule has 1 aromatic carbocycles. The lowest BCUT2D eigenvalue weighted by atomic mass is 10.1. The van der Waals surface area contributed by atoms with E-state index in [-0.39, 0.29) is 12.1 Å². The first kappa shape index (κ1) is 19.7. The van der Waals surface area contributed by atoms with Crippen LogP contribution in [0.15, 0.2) is 41.4 Å². The Morgan fingerprint density at radius 2 is 1.92 bits per heavy atom. The van der Waals surface area contributed by atoms with E-state index < -0.39 is 17.6 Å². The molecule has 0 atom stereocenters. The van der Waals surface area contributed by atoms with Crippen LogP contribution in [0.1, 0.15) is 29.4 Å². The van der Waals surface area contributed by atoms with Crippen molar-refractivity contribution >= 4 is 5.96 Å². The standard InChI is InChI=1S/C18H20F4N4/c1-3-23-17(25-11-15-6-4-5-12(2)26-15)24-10-13-7-8-14(19)9-16(13)18(20,21)22/h4-9H,3,10-11H2,1-2H3,(H2,23,24,25). The summed E-state index contributed by atoms with van der Waals surface area (Å²) in [7, 11) is 0. The lowest BCUT2D eigenvalue weighted by molar-refractivity contribution is -0.138. The van der Waals surface area contributed by atoms with Crippen LogP contribution < -0.4 is 10.6 Å². The Labute approximate surface area is 149 Å². The van der Waals surface area contributed by atoms with Gasteiger partial charge in [0.2, 0.25) is 0 Å². The van der Waals surface area contributed by atoms with Gasteiger partial charge in [0, 0.05) is 12.2 Å². The number of aliphatic imine (C=N–C) groups is 1. The summed E-state index contributed by atoms with van der Waals surface area (Å²) in [5.74, 6) is -0.575. The van der Waals surface area contributed by atoms with E-state index in [9.17, 15) is 17.6 Å². The third kappa shape index (κ3) is 5.72. The fourth-order valence-corrected chi connectivity index (χ4v) is 2.33. The predicted octanol–water partition coefficient (Wildman–Crippen LogP) is 3.80. The molecule has 0 bridgehead atoms. The van der Waals surface area contributed by atoms with Crippen LogP contribution >= 0.6 is 0 Å². The Balaban J connectivity index is 2.14. The van der Waals surface area contributed by atoms with Gasteiger partial charge in [0.1, 0.15) is 5.82 Å². The molecule has 0 unspecified atom stereocenters. The number of nitrogens with zero attached hydrogens (tertiary/aromatic N) is 2. The van der Waals surface area contributed by atoms with Crippen molar-refractivity contribution in [3.8, 4) is 0 Å². The van der Waals surface area contributed by atoms with E-state index in [1.807, 2.05) is 32.0 Å². The molecular formula is C18H20F4N4. The first-order chi connectivity index (χ1) is 12.3. The van der Waals surface area contributed by atoms with Crippen LogP contribution in [-0.4, -0.2) is 17.5 Å². The Hall–Kier alpha value is -2.64. The van der Waals surface area contributed by atoms with E-state index in [4.69, 9.17) is 0 Å². The van der Waals surface area contributed by atoms with Gasteiger partial charge in [-0.15, -0.1) is 0 Å². The van der Waals surface area contributed by atoms with E-state index in [1.165, 1.54) is 0 Å². The smallest absolute Gasteiger partial charge is 0.357 e. The molecule has 0 fully saturated rings. The molecule has 1 heterocycles. The zero-order chi connectivity index (χ0) is 19.2. The van der Waals surface area contributed by atoms with E-state index in [1.54, 1.807) is 0 Å². The minimum absolute atomic E-state index is 0.0928. The Morgan fingerprint density at radius 3 is 2.58 bits per heavy atom. The van der Waals surface area contributed by atoms with Crippen molar-refractivity contribution < 1.29 is 17.6 Å². The van der Waals surface area contributed by atoms with Crippen molar-refractivity contribution in [2.24, 2.45) is 4.99 Å². The number of alkyl halides is 3. The number of benzene rings is 1. The maximum absolute atomic E-state index is 13.2. The predicted molar refractivity (Wildman–Crippen MR) is 92.0 cm³/mol. The molecule has 8 heteroatoms. The summed E-state index contributed by atoms with van der Waals surface area (Å²) in [6, 6.07) is 8.17. The van der Waals surface area contributed by atoms with Crippen LogP contribution in [0.4, 0.5) is 17.6 Å². The van der Waals surface area contributed by atoms with Gasteiger partial charge < -0.3 is 10.6 Å². The zero-order valence-electron chi connectivity index (χ0n) is 14.5. The fraction of sp³-hybridized carbons (Fsp3) is 0.333. The number of hydrogen-bond donors (Lipinski definition) is 2. The monoisotopic (exact) mass is 368 g/mol. The molecule has 0 saturated carbocycles. The van der Waals surface area contributed by atoms with Crippen molar-refractivity contribution in [1.82, 2.24) is 15.6 Å². The number of aromatic nitrogens is 1. The highest BCUT2D eigenvalue weighted by atomic mass is 19.4. The summed E-state index contributed by atoms with van der Waals surface area (Å²) in [5, 5.41) is 5.99. The van der Waals surface area contributed by atoms with Gasteiger partial charge in [-0.3, -0.25) is 4.98 Å². The molecule has 0 aliphatic heterocycles. The summed E-state index contributed by atoms with van der Waals surface area (Å²) in [6.45, 7) is 4.41. The van der Waals surface area contributed by atoms with Crippen molar-refractivity contribution in [3.05, 3.63) is 64.7 Å². The summed E-state index contributed by atoms with van der Waals surface area (Å²) in [6.07, 6.45) is -4.63. The first-order valence-corrected chi connectivity index (χ1v) is 8.10. The number of pyridine rings is 1. The van der Waals surface area contributed by atoms with Gasteiger partial charge in [0.25, 0.3) is 0 Å². The number of guanidine groups is 1. The minimum Gasteiger partial charge on any atom is -0.357 e. The maximum Gasteiger partial charge on any atom is 0.416 e. The SMILES string of the molecule is CCNC(=NCc1ccc(F)cc1C(F)(F)F)NCc1cccc(C)n1. The Kier molecular flexibility index (Phi) is 6.54. The van der Waals surface area contributed by atoms with Gasteiger partial charge in [-0.1, -0.05) is 12.1 Å². The molecule has 4 nitrogen and oxygen atoms in total. The number of rotatable bonds is 5. The number of halogens is 4. The molecule has 0 aliphatic carbocycles. The van der Waals surface area contributed by atoms with E-state index in [2.05, 4.69) is 20.6 Å². The van der Waals surface area contributed by atoms with Gasteiger partial charge in [0.05, 0.1) is 24.3 Å². The summed E-state index contributed by atoms with van der Waals surface area (Å²) < 4.78 is 52.3. The molecular weight excluding hydrogens is 348 g/mol. The topological polar surface area (TPSA) is 49.3 Å². The number of hydrogen-bond acceptors (Lipinski definition) is 2. The summed E-state index contributed by atoms with van der Waals surface area (Å²) in [4.78, 5) is 8.51. The number of nitrogens with one attached hydrogen (secondary N) is 2. The molecule has 1 aromatic heterocycles. The van der Waals surface area contributed by atoms with Gasteiger partial charge in [-0.2, -0.15) is 13.2 Å². The average molecular weight is 368 g/mol. The van der Waals surface area contributed by atoms with Crippen LogP contribution in [0, 0.1) is 12.7 Å². The lowest BCUT2D eigenvalue weighted by Crippen LogP contribution is -2.37. The Morgan fingerprint density at radius 1 is 1.15 bits per heavy atom. The van der Waals surface area contributed by atoms with Crippen molar-refractivity contribution in [2.75, 3.05) is 6.54 Å². The van der Waals surface area contributed by atoms with E-state index in [0.29, 0.717) is 25.1 Å². The van der Waals surface area contributed by atoms with E-state index in [0.717, 1.165) is 23.5 Å². The molecule has 0 radical (unpaired) electrons. The summed E-state index contributed by atoms with van der Waals surface area (Å²) in [5.41, 5.74) is 0.544. The maximum atomic E-state index is 13.2. The quantitative estimate of drug-likeness (QED) is 0.479. The first-order valence-electron chi connectivity index (χ1n) is 8.10. The van der Waals surface area contributed by atoms with Crippen molar-refractivity contribution in [2.45, 2.75) is 33.1 Å². The average Bonchev–Trinajstić information content (AvgIpc) is 2.57. The van der Waals surface area contributed by atoms with Crippen molar-refractivity contribution in [1.29, 1.82) is 0 Å². The second-order valence-corrected chi connectivity index (χ2v) is 5.62. The molecule has 0 saturated heterocycles. The molecule has 0 aliphatic rings. The van der Waals surface area contributed by atoms with Crippen LogP contribution in [0.25, 0.3) is 0 Å². The normalized spacial score (nSPS) is 12.2. The molecule has 0 amide bonds. The second kappa shape index (κ2) is 8.64. The third-order valence-corrected chi connectivity index (χ3v) is 3.51. The van der Waals surface area contributed by atoms with Crippen LogP contribution in [0.2, 0.25) is 0 Å². The lowest BCUT2D eigenvalue weighted by Gasteiger charge is -2.14. The fourth-order valence-electron chi connectivity index (χ4n) is 2.33. The molecule has 2 aromatic rings. The van der Waals surface area contributed by atoms with Gasteiger partial charge >= 0.3 is 6.18 Å². The Bertz CT molecular complexity index is 772. The third-order valence-electron chi connectivity index (χ3n) is 3.51. The molecule has 2 rings (SSSR count). The molecule has 140 valence electrons. The van der Waals surface area contributed by atoms with Crippen LogP contribution in [0.3, 0.4) is 0 Å². The van der Waals surface area contributed by atoms with Crippen LogP contribution in [-0.2, 0) is 19.3 Å². The number of aryl methyl sites for hydroxylation is 1. The van der Waals surface area contributed by atoms with Gasteiger partial charge in [0.15, 0.2) is 5.96 Å². The van der Waals surface area contributed by atoms with Crippen LogP contribution in [0.5, 0.6) is 0 Å². The summed E-state index contributed by atoms with van der Waals surface area (Å²) >= 11 is 0. The molecule has 2 N–H and O–H groups in total. The van der Waals surface area contributed by atoms with Gasteiger partial charge in [-0.25, -0.2) is 9.38 Å². The van der Waals surface area contributed by atoms with Gasteiger partial charge in [-0.05, 0) is 43.7 Å². The van der Waals surface area contributed by atoms with E-state index >= 15 is 0 Å². The largest absolute Gasteiger partial charge is 0.416 e. The highest BCUT2D eigenvalue weighted by Gasteiger charge is 2.33. The second-order valence-electron chi connectivity index (χ2n) is 5.62. The highest BCUT2D eigenvalue weighted by Crippen LogP contribution is 2.32. The van der Waals surface area contributed by atoms with Crippen molar-refractivity contribution in [3.63, 3.8) is 0 Å². The molecule has 0 spiro atoms.